The molecule has 2 saturated heterocycles. The minimum atomic E-state index is -1.60. The van der Waals surface area contributed by atoms with Gasteiger partial charge < -0.3 is 45.6 Å². The lowest BCUT2D eigenvalue weighted by atomic mass is 9.86. The zero-order valence-electron chi connectivity index (χ0n) is 34.3. The second-order valence-electron chi connectivity index (χ2n) is 16.9. The number of ether oxygens (including phenoxy) is 2. The molecular weight excluding hydrogens is 739 g/mol. The fourth-order valence-corrected chi connectivity index (χ4v) is 9.93. The van der Waals surface area contributed by atoms with Crippen LogP contribution in [0.15, 0.2) is 106 Å². The van der Waals surface area contributed by atoms with Crippen molar-refractivity contribution < 1.29 is 39.8 Å². The molecule has 6 heterocycles. The summed E-state index contributed by atoms with van der Waals surface area (Å²) in [4.78, 5) is 29.1. The molecular formula is C45H57N5O8. The van der Waals surface area contributed by atoms with Gasteiger partial charge in [0.1, 0.15) is 30.2 Å². The monoisotopic (exact) mass is 795 g/mol. The number of nitrogens with one attached hydrogen (secondary N) is 2. The van der Waals surface area contributed by atoms with E-state index in [-0.39, 0.29) is 36.2 Å². The highest BCUT2D eigenvalue weighted by Crippen LogP contribution is 2.47. The molecule has 8 bridgehead atoms. The summed E-state index contributed by atoms with van der Waals surface area (Å²) >= 11 is 0. The van der Waals surface area contributed by atoms with Crippen LogP contribution in [0.1, 0.15) is 99.3 Å². The molecule has 2 aliphatic carbocycles. The predicted molar refractivity (Wildman–Crippen MR) is 221 cm³/mol. The highest BCUT2D eigenvalue weighted by atomic mass is 16.6. The van der Waals surface area contributed by atoms with Crippen molar-refractivity contribution in [2.45, 2.75) is 142 Å². The van der Waals surface area contributed by atoms with Crippen LogP contribution in [0.3, 0.4) is 0 Å². The smallest absolute Gasteiger partial charge is 0.222 e. The summed E-state index contributed by atoms with van der Waals surface area (Å²) in [6.07, 6.45) is 6.32. The van der Waals surface area contributed by atoms with Gasteiger partial charge in [-0.25, -0.2) is 15.0 Å². The fourth-order valence-electron chi connectivity index (χ4n) is 9.93. The third-order valence-electron chi connectivity index (χ3n) is 13.3. The number of fused-ring (bicyclic) bond motifs is 5. The van der Waals surface area contributed by atoms with Gasteiger partial charge in [0.05, 0.1) is 53.0 Å². The van der Waals surface area contributed by atoms with Crippen LogP contribution < -0.4 is 10.6 Å². The minimum absolute atomic E-state index is 0.0433. The molecule has 8 atom stereocenters. The number of nitrogens with zero attached hydrogens (tertiary/aromatic N) is 3. The van der Waals surface area contributed by atoms with E-state index in [0.717, 1.165) is 98.2 Å². The first-order valence-electron chi connectivity index (χ1n) is 21.0. The van der Waals surface area contributed by atoms with Crippen molar-refractivity contribution in [2.24, 2.45) is 26.8 Å². The Hall–Kier alpha value is -4.24. The van der Waals surface area contributed by atoms with Gasteiger partial charge in [-0.2, -0.15) is 0 Å². The number of carbonyl (C=O) groups is 1. The molecule has 8 aliphatic rings. The summed E-state index contributed by atoms with van der Waals surface area (Å²) in [5.41, 5.74) is 13.5. The minimum Gasteiger partial charge on any atom is -0.511 e. The van der Waals surface area contributed by atoms with Crippen LogP contribution >= 0.6 is 0 Å². The number of rotatable bonds is 9. The first-order chi connectivity index (χ1) is 27.8. The van der Waals surface area contributed by atoms with Crippen molar-refractivity contribution >= 4 is 23.0 Å². The summed E-state index contributed by atoms with van der Waals surface area (Å²) in [7, 11) is 0. The van der Waals surface area contributed by atoms with Crippen LogP contribution in [-0.2, 0) is 14.3 Å². The summed E-state index contributed by atoms with van der Waals surface area (Å²) < 4.78 is 12.3. The number of amides is 1. The maximum absolute atomic E-state index is 13.5. The van der Waals surface area contributed by atoms with Crippen LogP contribution in [0.4, 0.5) is 0 Å². The van der Waals surface area contributed by atoms with Crippen LogP contribution in [0.25, 0.3) is 0 Å². The van der Waals surface area contributed by atoms with Crippen LogP contribution in [0, 0.1) is 11.8 Å². The summed E-state index contributed by atoms with van der Waals surface area (Å²) in [5.74, 6) is -0.461. The van der Waals surface area contributed by atoms with Crippen molar-refractivity contribution in [3.8, 4) is 0 Å². The number of aliphatic hydroxyl groups is 5. The Balaban J connectivity index is 1.18. The quantitative estimate of drug-likeness (QED) is 0.166. The molecule has 13 heteroatoms. The summed E-state index contributed by atoms with van der Waals surface area (Å²) in [5, 5.41) is 58.6. The topological polar surface area (TPSA) is 198 Å². The third-order valence-corrected chi connectivity index (χ3v) is 13.3. The maximum Gasteiger partial charge on any atom is 0.222 e. The second-order valence-corrected chi connectivity index (χ2v) is 16.9. The molecule has 0 aromatic rings. The van der Waals surface area contributed by atoms with Crippen molar-refractivity contribution in [2.75, 3.05) is 6.61 Å². The van der Waals surface area contributed by atoms with Crippen molar-refractivity contribution in [3.63, 3.8) is 0 Å². The average Bonchev–Trinajstić information content (AvgIpc) is 3.96. The van der Waals surface area contributed by atoms with Crippen LogP contribution in [0.5, 0.6) is 0 Å². The normalized spacial score (nSPS) is 31.7. The Bertz CT molecular complexity index is 2140. The van der Waals surface area contributed by atoms with Crippen LogP contribution in [-0.4, -0.2) is 98.0 Å². The van der Waals surface area contributed by atoms with E-state index in [1.165, 1.54) is 19.3 Å². The van der Waals surface area contributed by atoms with E-state index < -0.39 is 43.2 Å². The predicted octanol–water partition coefficient (Wildman–Crippen LogP) is 5.09. The van der Waals surface area contributed by atoms with Gasteiger partial charge in [-0.1, -0.05) is 33.1 Å². The molecule has 310 valence electrons. The Morgan fingerprint density at radius 2 is 1.69 bits per heavy atom. The lowest BCUT2D eigenvalue weighted by Gasteiger charge is -2.40. The molecule has 3 fully saturated rings. The SMILES string of the molecule is CCC1=C(C)C2=NC1=CC1=C(C)C3=C(O)CC(=C4NC(=CC5=NC(=C2)C(C(C)OC2CCCCC2)=C5C)[C@@H](C)[C@@H]4CCC(=O)NC2O[C@H](CO)[C@H](O)[C@H](O)[C@H]2O)C3=N1. The van der Waals surface area contributed by atoms with Gasteiger partial charge in [0.25, 0.3) is 0 Å². The van der Waals surface area contributed by atoms with Crippen molar-refractivity contribution in [1.82, 2.24) is 10.6 Å². The molecule has 7 N–H and O–H groups in total. The molecule has 13 nitrogen and oxygen atoms in total. The third kappa shape index (κ3) is 7.13. The number of hydrogen-bond donors (Lipinski definition) is 7. The molecule has 0 spiro atoms. The van der Waals surface area contributed by atoms with E-state index in [9.17, 15) is 30.3 Å². The first kappa shape index (κ1) is 40.5. The molecule has 0 aromatic heterocycles. The second kappa shape index (κ2) is 16.1. The first-order valence-corrected chi connectivity index (χ1v) is 21.0. The number of allylic oxidation sites excluding steroid dienone is 11. The van der Waals surface area contributed by atoms with E-state index in [0.29, 0.717) is 18.6 Å². The fraction of sp³-hybridized carbons (Fsp3) is 0.556. The molecule has 1 saturated carbocycles. The number of carbonyl (C=O) groups excluding carboxylic acids is 1. The highest BCUT2D eigenvalue weighted by molar-refractivity contribution is 6.21. The van der Waals surface area contributed by atoms with Gasteiger partial charge in [0.15, 0.2) is 6.23 Å². The molecule has 58 heavy (non-hydrogen) atoms. The number of aliphatic hydroxyl groups excluding tert-OH is 5. The maximum atomic E-state index is 13.5. The Labute approximate surface area is 339 Å². The lowest BCUT2D eigenvalue weighted by molar-refractivity contribution is -0.236. The summed E-state index contributed by atoms with van der Waals surface area (Å²) in [6, 6.07) is 0. The Morgan fingerprint density at radius 1 is 0.966 bits per heavy atom. The highest BCUT2D eigenvalue weighted by Gasteiger charge is 2.45. The molecule has 0 aromatic carbocycles. The van der Waals surface area contributed by atoms with Crippen LogP contribution in [0.2, 0.25) is 0 Å². The molecule has 6 aliphatic heterocycles. The Morgan fingerprint density at radius 3 is 2.41 bits per heavy atom. The van der Waals surface area contributed by atoms with E-state index in [1.54, 1.807) is 0 Å². The lowest BCUT2D eigenvalue weighted by Crippen LogP contribution is -2.63. The van der Waals surface area contributed by atoms with E-state index in [2.05, 4.69) is 57.4 Å². The summed E-state index contributed by atoms with van der Waals surface area (Å²) in [6.45, 7) is 12.0. The van der Waals surface area contributed by atoms with Crippen molar-refractivity contribution in [1.29, 1.82) is 0 Å². The largest absolute Gasteiger partial charge is 0.511 e. The Kier molecular flexibility index (Phi) is 11.2. The number of aliphatic imine (C=N–C) groups is 3. The van der Waals surface area contributed by atoms with E-state index in [4.69, 9.17) is 24.5 Å². The van der Waals surface area contributed by atoms with Gasteiger partial charge in [-0.05, 0) is 93.9 Å². The van der Waals surface area contributed by atoms with Gasteiger partial charge in [0, 0.05) is 52.8 Å². The van der Waals surface area contributed by atoms with Gasteiger partial charge in [0.2, 0.25) is 5.91 Å². The molecule has 2 unspecified atom stereocenters. The van der Waals surface area contributed by atoms with Gasteiger partial charge in [-0.15, -0.1) is 0 Å². The number of hydrogen-bond acceptors (Lipinski definition) is 12. The molecule has 8 rings (SSSR count). The zero-order valence-corrected chi connectivity index (χ0v) is 34.3. The van der Waals surface area contributed by atoms with Gasteiger partial charge >= 0.3 is 0 Å². The van der Waals surface area contributed by atoms with E-state index in [1.807, 2.05) is 13.0 Å². The van der Waals surface area contributed by atoms with Crippen molar-refractivity contribution in [3.05, 3.63) is 91.5 Å². The average molecular weight is 796 g/mol. The van der Waals surface area contributed by atoms with E-state index >= 15 is 0 Å². The standard InChI is InChI=1S/C45H57N5O8/c1-7-26-20(2)29-18-34-38(24(6)57-25-11-9-8-10-12-25)22(4)31(47-34)16-30-21(3)27(13-14-37(53)50-45-44(56)43(55)42(54)36(19-51)58-45)40(48-30)28-15-35(52)39-23(5)32(49-41(28)39)17-33(26)46-29/h16-18,21,24-25,27,36,42-45,48,51-52,54-56H,7-15,19H2,1-6H3,(H,50,53)/t21-,24?,27-,36+,42-,43-,44+,45?/m0/s1. The molecule has 0 radical (unpaired) electrons. The molecule has 1 amide bonds. The zero-order chi connectivity index (χ0) is 41.2. The van der Waals surface area contributed by atoms with Gasteiger partial charge in [-0.3, -0.25) is 4.79 Å².